The van der Waals surface area contributed by atoms with Crippen LogP contribution < -0.4 is 15.0 Å². The topological polar surface area (TPSA) is 98.2 Å². The van der Waals surface area contributed by atoms with Crippen molar-refractivity contribution in [3.63, 3.8) is 0 Å². The van der Waals surface area contributed by atoms with Crippen molar-refractivity contribution >= 4 is 10.9 Å². The number of methoxy groups -OCH3 is 2. The Hall–Kier alpha value is -3.72. The Balaban J connectivity index is 1.66. The van der Waals surface area contributed by atoms with Crippen LogP contribution in [0.2, 0.25) is 0 Å². The highest BCUT2D eigenvalue weighted by Gasteiger charge is 2.25. The average molecular weight is 519 g/mol. The molecular weight excluding hydrogens is 480 g/mol. The van der Waals surface area contributed by atoms with Crippen molar-refractivity contribution in [1.29, 1.82) is 0 Å². The standard InChI is InChI=1S/C29H38N6O3/c1-8-29(4,5)35-26(31-32-33-35)18-34(12-11-21-9-10-24(37-6)25(15-21)38-7)17-23-16-22-14-19(2)13-20(3)27(22)30-28(23)36/h9-10,13-16H,8,11-12,17-18H2,1-7H3,(H,30,36). The van der Waals surface area contributed by atoms with Crippen LogP contribution in [0, 0.1) is 13.8 Å². The predicted molar refractivity (Wildman–Crippen MR) is 149 cm³/mol. The third-order valence-corrected chi connectivity index (χ3v) is 7.27. The number of rotatable bonds is 11. The molecule has 0 saturated heterocycles. The molecule has 0 amide bonds. The number of aromatic nitrogens is 5. The van der Waals surface area contributed by atoms with Gasteiger partial charge in [-0.1, -0.05) is 24.6 Å². The molecule has 2 aromatic carbocycles. The van der Waals surface area contributed by atoms with Gasteiger partial charge in [0.15, 0.2) is 17.3 Å². The van der Waals surface area contributed by atoms with Crippen LogP contribution in [0.5, 0.6) is 11.5 Å². The Kier molecular flexibility index (Phi) is 8.16. The van der Waals surface area contributed by atoms with Crippen LogP contribution in [0.25, 0.3) is 10.9 Å². The van der Waals surface area contributed by atoms with Gasteiger partial charge in [-0.15, -0.1) is 5.10 Å². The first-order valence-electron chi connectivity index (χ1n) is 13.0. The quantitative estimate of drug-likeness (QED) is 0.311. The van der Waals surface area contributed by atoms with E-state index in [9.17, 15) is 4.79 Å². The monoisotopic (exact) mass is 518 g/mol. The van der Waals surface area contributed by atoms with Gasteiger partial charge in [-0.05, 0) is 91.7 Å². The van der Waals surface area contributed by atoms with E-state index in [2.05, 4.69) is 65.2 Å². The molecule has 0 aliphatic rings. The van der Waals surface area contributed by atoms with Crippen LogP contribution in [0.4, 0.5) is 0 Å². The Labute approximate surface area is 223 Å². The minimum atomic E-state index is -0.219. The number of hydrogen-bond acceptors (Lipinski definition) is 7. The molecular formula is C29H38N6O3. The van der Waals surface area contributed by atoms with E-state index in [0.29, 0.717) is 36.7 Å². The molecule has 38 heavy (non-hydrogen) atoms. The lowest BCUT2D eigenvalue weighted by molar-refractivity contribution is 0.225. The molecule has 9 heteroatoms. The number of tetrazole rings is 1. The molecule has 0 fully saturated rings. The lowest BCUT2D eigenvalue weighted by Gasteiger charge is -2.27. The molecule has 1 N–H and O–H groups in total. The van der Waals surface area contributed by atoms with Crippen LogP contribution >= 0.6 is 0 Å². The largest absolute Gasteiger partial charge is 0.493 e. The number of nitrogens with zero attached hydrogens (tertiary/aromatic N) is 5. The summed E-state index contributed by atoms with van der Waals surface area (Å²) in [5, 5.41) is 13.6. The summed E-state index contributed by atoms with van der Waals surface area (Å²) in [5.74, 6) is 2.16. The summed E-state index contributed by atoms with van der Waals surface area (Å²) in [5.41, 5.74) is 4.64. The van der Waals surface area contributed by atoms with Crippen molar-refractivity contribution in [2.45, 2.75) is 66.1 Å². The fraction of sp³-hybridized carbons (Fsp3) is 0.448. The van der Waals surface area contributed by atoms with Gasteiger partial charge in [0.1, 0.15) is 0 Å². The molecule has 0 bridgehead atoms. The number of aromatic amines is 1. The highest BCUT2D eigenvalue weighted by Crippen LogP contribution is 2.28. The van der Waals surface area contributed by atoms with Crippen LogP contribution in [-0.2, 0) is 25.0 Å². The molecule has 0 radical (unpaired) electrons. The van der Waals surface area contributed by atoms with Gasteiger partial charge in [0.2, 0.25) is 0 Å². The molecule has 2 aromatic heterocycles. The third kappa shape index (κ3) is 5.88. The first kappa shape index (κ1) is 27.3. The Morgan fingerprint density at radius 1 is 1.03 bits per heavy atom. The molecule has 2 heterocycles. The Bertz CT molecular complexity index is 1470. The van der Waals surface area contributed by atoms with E-state index in [1.807, 2.05) is 35.9 Å². The normalized spacial score (nSPS) is 11.9. The van der Waals surface area contributed by atoms with Crippen LogP contribution in [0.3, 0.4) is 0 Å². The fourth-order valence-electron chi connectivity index (χ4n) is 4.75. The number of hydrogen-bond donors (Lipinski definition) is 1. The van der Waals surface area contributed by atoms with E-state index in [1.54, 1.807) is 14.2 Å². The smallest absolute Gasteiger partial charge is 0.252 e. The number of fused-ring (bicyclic) bond motifs is 1. The highest BCUT2D eigenvalue weighted by molar-refractivity contribution is 5.82. The van der Waals surface area contributed by atoms with Gasteiger partial charge in [-0.25, -0.2) is 4.68 Å². The molecule has 0 unspecified atom stereocenters. The van der Waals surface area contributed by atoms with Crippen molar-refractivity contribution in [3.8, 4) is 11.5 Å². The predicted octanol–water partition coefficient (Wildman–Crippen LogP) is 4.54. The van der Waals surface area contributed by atoms with Gasteiger partial charge in [-0.2, -0.15) is 0 Å². The van der Waals surface area contributed by atoms with Crippen molar-refractivity contribution in [2.24, 2.45) is 0 Å². The van der Waals surface area contributed by atoms with E-state index in [4.69, 9.17) is 9.47 Å². The molecule has 4 aromatic rings. The third-order valence-electron chi connectivity index (χ3n) is 7.27. The van der Waals surface area contributed by atoms with Crippen molar-refractivity contribution in [2.75, 3.05) is 20.8 Å². The Morgan fingerprint density at radius 3 is 2.50 bits per heavy atom. The maximum absolute atomic E-state index is 13.2. The van der Waals surface area contributed by atoms with Gasteiger partial charge in [0.05, 0.1) is 31.8 Å². The number of nitrogens with one attached hydrogen (secondary N) is 1. The van der Waals surface area contributed by atoms with E-state index in [1.165, 1.54) is 5.56 Å². The molecule has 0 aliphatic carbocycles. The summed E-state index contributed by atoms with van der Waals surface area (Å²) in [6.07, 6.45) is 1.64. The molecule has 0 atom stereocenters. The summed E-state index contributed by atoms with van der Waals surface area (Å²) < 4.78 is 12.8. The summed E-state index contributed by atoms with van der Waals surface area (Å²) in [4.78, 5) is 18.5. The first-order chi connectivity index (χ1) is 18.1. The van der Waals surface area contributed by atoms with E-state index in [0.717, 1.165) is 40.7 Å². The summed E-state index contributed by atoms with van der Waals surface area (Å²) >= 11 is 0. The average Bonchev–Trinajstić information content (AvgIpc) is 3.37. The highest BCUT2D eigenvalue weighted by atomic mass is 16.5. The zero-order valence-electron chi connectivity index (χ0n) is 23.5. The SMILES string of the molecule is CCC(C)(C)n1nnnc1CN(CCc1ccc(OC)c(OC)c1)Cc1cc2cc(C)cc(C)c2[nH]c1=O. The Morgan fingerprint density at radius 2 is 1.79 bits per heavy atom. The van der Waals surface area contributed by atoms with Gasteiger partial charge in [0, 0.05) is 18.7 Å². The van der Waals surface area contributed by atoms with Crippen molar-refractivity contribution < 1.29 is 9.47 Å². The van der Waals surface area contributed by atoms with E-state index in [-0.39, 0.29) is 11.1 Å². The minimum absolute atomic E-state index is 0.0750. The van der Waals surface area contributed by atoms with Crippen LogP contribution in [0.1, 0.15) is 55.3 Å². The van der Waals surface area contributed by atoms with Gasteiger partial charge >= 0.3 is 0 Å². The second-order valence-electron chi connectivity index (χ2n) is 10.5. The minimum Gasteiger partial charge on any atom is -0.493 e. The number of ether oxygens (including phenoxy) is 2. The molecule has 4 rings (SSSR count). The molecule has 0 spiro atoms. The van der Waals surface area contributed by atoms with Gasteiger partial charge < -0.3 is 14.5 Å². The molecule has 9 nitrogen and oxygen atoms in total. The molecule has 202 valence electrons. The lowest BCUT2D eigenvalue weighted by atomic mass is 10.0. The second-order valence-corrected chi connectivity index (χ2v) is 10.5. The first-order valence-corrected chi connectivity index (χ1v) is 13.0. The molecule has 0 aliphatic heterocycles. The summed E-state index contributed by atoms with van der Waals surface area (Å²) in [6, 6.07) is 12.2. The molecule has 0 saturated carbocycles. The van der Waals surface area contributed by atoms with Gasteiger partial charge in [0.25, 0.3) is 5.56 Å². The van der Waals surface area contributed by atoms with E-state index >= 15 is 0 Å². The van der Waals surface area contributed by atoms with Gasteiger partial charge in [-0.3, -0.25) is 9.69 Å². The summed E-state index contributed by atoms with van der Waals surface area (Å²) in [7, 11) is 3.27. The fourth-order valence-corrected chi connectivity index (χ4v) is 4.75. The maximum atomic E-state index is 13.2. The van der Waals surface area contributed by atoms with Crippen LogP contribution in [0.15, 0.2) is 41.2 Å². The van der Waals surface area contributed by atoms with E-state index < -0.39 is 0 Å². The number of aryl methyl sites for hydroxylation is 2. The van der Waals surface area contributed by atoms with Crippen LogP contribution in [-0.4, -0.2) is 50.9 Å². The zero-order chi connectivity index (χ0) is 27.4. The summed E-state index contributed by atoms with van der Waals surface area (Å²) in [6.45, 7) is 12.1. The number of benzene rings is 2. The zero-order valence-corrected chi connectivity index (χ0v) is 23.5. The maximum Gasteiger partial charge on any atom is 0.252 e. The van der Waals surface area contributed by atoms with Crippen molar-refractivity contribution in [3.05, 3.63) is 74.8 Å². The van der Waals surface area contributed by atoms with Crippen molar-refractivity contribution in [1.82, 2.24) is 30.1 Å². The number of pyridine rings is 1. The number of H-pyrrole nitrogens is 1. The lowest BCUT2D eigenvalue weighted by Crippen LogP contribution is -2.33. The second kappa shape index (κ2) is 11.3.